The smallest absolute Gasteiger partial charge is 0.365 e. The number of carboxylic acids is 1. The highest BCUT2D eigenvalue weighted by atomic mass is 32.1. The Hall–Kier alpha value is -0.940. The molecule has 0 amide bonds. The first kappa shape index (κ1) is 9.61. The lowest BCUT2D eigenvalue weighted by Gasteiger charge is -2.08. The van der Waals surface area contributed by atoms with Crippen molar-refractivity contribution in [2.45, 2.75) is 31.8 Å². The molecule has 1 aliphatic carbocycles. The van der Waals surface area contributed by atoms with Crippen LogP contribution in [0.4, 0.5) is 0 Å². The number of aromatic carboxylic acids is 1. The summed E-state index contributed by atoms with van der Waals surface area (Å²) in [7, 11) is 0. The Bertz CT molecular complexity index is 357. The summed E-state index contributed by atoms with van der Waals surface area (Å²) in [6.07, 6.45) is 2.39. The van der Waals surface area contributed by atoms with Gasteiger partial charge in [0.05, 0.1) is 5.69 Å². The van der Waals surface area contributed by atoms with E-state index in [4.69, 9.17) is 5.11 Å². The highest BCUT2D eigenvalue weighted by Crippen LogP contribution is 2.34. The van der Waals surface area contributed by atoms with Crippen molar-refractivity contribution < 1.29 is 9.90 Å². The first-order valence-corrected chi connectivity index (χ1v) is 5.40. The van der Waals surface area contributed by atoms with E-state index in [2.05, 4.69) is 17.2 Å². The topological polar surface area (TPSA) is 62.2 Å². The van der Waals surface area contributed by atoms with Gasteiger partial charge in [-0.1, -0.05) is 0 Å². The summed E-state index contributed by atoms with van der Waals surface area (Å²) in [6, 6.07) is 0. The minimum Gasteiger partial charge on any atom is -0.476 e. The predicted octanol–water partition coefficient (Wildman–Crippen LogP) is 1.48. The molecule has 0 radical (unpaired) electrons. The number of carbonyl (C=O) groups is 1. The summed E-state index contributed by atoms with van der Waals surface area (Å²) < 4.78 is 0. The standard InChI is InChI=1S/C9H12N2O2S/c1-9(2-3-9)10-4-6-5-14-7(11-6)8(12)13/h5,10H,2-4H2,1H3,(H,12,13). The molecule has 1 aromatic rings. The van der Waals surface area contributed by atoms with Crippen molar-refractivity contribution in [3.63, 3.8) is 0 Å². The minimum atomic E-state index is -0.945. The second-order valence-corrected chi connectivity index (χ2v) is 4.72. The molecule has 0 atom stereocenters. The van der Waals surface area contributed by atoms with Gasteiger partial charge in [0.2, 0.25) is 5.01 Å². The Morgan fingerprint density at radius 2 is 2.50 bits per heavy atom. The molecule has 14 heavy (non-hydrogen) atoms. The maximum atomic E-state index is 10.6. The third kappa shape index (κ3) is 2.10. The third-order valence-electron chi connectivity index (χ3n) is 2.43. The fourth-order valence-corrected chi connectivity index (χ4v) is 1.81. The SMILES string of the molecule is CC1(NCc2csc(C(=O)O)n2)CC1. The van der Waals surface area contributed by atoms with Crippen molar-refractivity contribution in [3.8, 4) is 0 Å². The van der Waals surface area contributed by atoms with Gasteiger partial charge in [0.15, 0.2) is 0 Å². The van der Waals surface area contributed by atoms with Gasteiger partial charge in [-0.05, 0) is 19.8 Å². The van der Waals surface area contributed by atoms with Gasteiger partial charge in [0.1, 0.15) is 0 Å². The number of carboxylic acid groups (broad SMARTS) is 1. The Balaban J connectivity index is 1.93. The third-order valence-corrected chi connectivity index (χ3v) is 3.31. The highest BCUT2D eigenvalue weighted by Gasteiger charge is 2.36. The van der Waals surface area contributed by atoms with Gasteiger partial charge in [0, 0.05) is 17.5 Å². The van der Waals surface area contributed by atoms with Crippen molar-refractivity contribution in [3.05, 3.63) is 16.1 Å². The highest BCUT2D eigenvalue weighted by molar-refractivity contribution is 7.11. The lowest BCUT2D eigenvalue weighted by atomic mass is 10.3. The Labute approximate surface area is 86.0 Å². The summed E-state index contributed by atoms with van der Waals surface area (Å²) >= 11 is 1.18. The van der Waals surface area contributed by atoms with Gasteiger partial charge in [-0.2, -0.15) is 0 Å². The number of rotatable bonds is 4. The van der Waals surface area contributed by atoms with Gasteiger partial charge < -0.3 is 10.4 Å². The van der Waals surface area contributed by atoms with Crippen molar-refractivity contribution in [2.24, 2.45) is 0 Å². The van der Waals surface area contributed by atoms with E-state index in [1.807, 2.05) is 0 Å². The van der Waals surface area contributed by atoms with Crippen molar-refractivity contribution in [1.29, 1.82) is 0 Å². The van der Waals surface area contributed by atoms with E-state index < -0.39 is 5.97 Å². The molecule has 1 saturated carbocycles. The van der Waals surface area contributed by atoms with Crippen LogP contribution in [0.15, 0.2) is 5.38 Å². The second-order valence-electron chi connectivity index (χ2n) is 3.86. The predicted molar refractivity (Wildman–Crippen MR) is 53.6 cm³/mol. The molecule has 0 aliphatic heterocycles. The maximum Gasteiger partial charge on any atom is 0.365 e. The largest absolute Gasteiger partial charge is 0.476 e. The molecule has 1 fully saturated rings. The average molecular weight is 212 g/mol. The number of nitrogens with one attached hydrogen (secondary N) is 1. The van der Waals surface area contributed by atoms with Gasteiger partial charge in [-0.25, -0.2) is 9.78 Å². The fraction of sp³-hybridized carbons (Fsp3) is 0.556. The molecule has 0 spiro atoms. The quantitative estimate of drug-likeness (QED) is 0.793. The van der Waals surface area contributed by atoms with E-state index in [9.17, 15) is 4.79 Å². The Morgan fingerprint density at radius 1 is 1.79 bits per heavy atom. The van der Waals surface area contributed by atoms with Crippen molar-refractivity contribution in [2.75, 3.05) is 0 Å². The van der Waals surface area contributed by atoms with E-state index in [1.165, 1.54) is 24.2 Å². The van der Waals surface area contributed by atoms with E-state index in [0.717, 1.165) is 5.69 Å². The van der Waals surface area contributed by atoms with Crippen LogP contribution in [0, 0.1) is 0 Å². The summed E-state index contributed by atoms with van der Waals surface area (Å²) in [4.78, 5) is 14.6. The molecule has 0 saturated heterocycles. The molecular formula is C9H12N2O2S. The molecule has 0 unspecified atom stereocenters. The van der Waals surface area contributed by atoms with E-state index in [0.29, 0.717) is 6.54 Å². The number of hydrogen-bond donors (Lipinski definition) is 2. The van der Waals surface area contributed by atoms with Gasteiger partial charge in [0.25, 0.3) is 0 Å². The zero-order chi connectivity index (χ0) is 10.2. The zero-order valence-electron chi connectivity index (χ0n) is 7.91. The monoisotopic (exact) mass is 212 g/mol. The first-order valence-electron chi connectivity index (χ1n) is 4.52. The summed E-state index contributed by atoms with van der Waals surface area (Å²) in [5.74, 6) is -0.945. The minimum absolute atomic E-state index is 0.169. The van der Waals surface area contributed by atoms with E-state index in [-0.39, 0.29) is 10.5 Å². The normalized spacial score (nSPS) is 18.1. The summed E-state index contributed by atoms with van der Waals surface area (Å²) in [6.45, 7) is 2.83. The van der Waals surface area contributed by atoms with Crippen LogP contribution in [0.1, 0.15) is 35.3 Å². The van der Waals surface area contributed by atoms with Crippen LogP contribution in [0.3, 0.4) is 0 Å². The average Bonchev–Trinajstić information content (AvgIpc) is 2.68. The number of hydrogen-bond acceptors (Lipinski definition) is 4. The zero-order valence-corrected chi connectivity index (χ0v) is 8.73. The summed E-state index contributed by atoms with van der Waals surface area (Å²) in [5, 5.41) is 14.0. The second kappa shape index (κ2) is 3.33. The summed E-state index contributed by atoms with van der Waals surface area (Å²) in [5.41, 5.74) is 1.09. The molecule has 76 valence electrons. The Kier molecular flexibility index (Phi) is 2.28. The molecule has 1 aliphatic rings. The van der Waals surface area contributed by atoms with E-state index in [1.54, 1.807) is 5.38 Å². The lowest BCUT2D eigenvalue weighted by molar-refractivity contribution is 0.0696. The number of nitrogens with zero attached hydrogens (tertiary/aromatic N) is 1. The van der Waals surface area contributed by atoms with Gasteiger partial charge in [-0.3, -0.25) is 0 Å². The van der Waals surface area contributed by atoms with Crippen molar-refractivity contribution in [1.82, 2.24) is 10.3 Å². The van der Waals surface area contributed by atoms with E-state index >= 15 is 0 Å². The van der Waals surface area contributed by atoms with Crippen LogP contribution in [0.5, 0.6) is 0 Å². The molecular weight excluding hydrogens is 200 g/mol. The first-order chi connectivity index (χ1) is 6.59. The van der Waals surface area contributed by atoms with Crippen LogP contribution in [0.25, 0.3) is 0 Å². The lowest BCUT2D eigenvalue weighted by Crippen LogP contribution is -2.27. The van der Waals surface area contributed by atoms with Crippen LogP contribution in [-0.4, -0.2) is 21.6 Å². The molecule has 2 N–H and O–H groups in total. The number of aromatic nitrogens is 1. The van der Waals surface area contributed by atoms with Crippen LogP contribution in [0.2, 0.25) is 0 Å². The molecule has 0 aromatic carbocycles. The van der Waals surface area contributed by atoms with Crippen LogP contribution >= 0.6 is 11.3 Å². The Morgan fingerprint density at radius 3 is 3.00 bits per heavy atom. The van der Waals surface area contributed by atoms with Crippen molar-refractivity contribution >= 4 is 17.3 Å². The molecule has 1 aromatic heterocycles. The molecule has 5 heteroatoms. The molecule has 1 heterocycles. The fourth-order valence-electron chi connectivity index (χ4n) is 1.15. The molecule has 4 nitrogen and oxygen atoms in total. The maximum absolute atomic E-state index is 10.6. The van der Waals surface area contributed by atoms with Gasteiger partial charge >= 0.3 is 5.97 Å². The molecule has 2 rings (SSSR count). The van der Waals surface area contributed by atoms with Crippen LogP contribution < -0.4 is 5.32 Å². The van der Waals surface area contributed by atoms with Gasteiger partial charge in [-0.15, -0.1) is 11.3 Å². The number of thiazole rings is 1. The molecule has 0 bridgehead atoms. The van der Waals surface area contributed by atoms with Crippen LogP contribution in [-0.2, 0) is 6.54 Å².